The minimum Gasteiger partial charge on any atom is -0.479 e. The summed E-state index contributed by atoms with van der Waals surface area (Å²) in [6, 6.07) is -0.117. The number of hydrogen-bond acceptors (Lipinski definition) is 5. The number of carbonyl (C=O) groups is 1. The van der Waals surface area contributed by atoms with E-state index >= 15 is 0 Å². The molecule has 0 aromatic heterocycles. The van der Waals surface area contributed by atoms with E-state index < -0.39 is 23.3 Å². The summed E-state index contributed by atoms with van der Waals surface area (Å²) in [6.07, 6.45) is -0.416. The SMILES string of the molecule is CC1(C)C2CC(C(=O)O)ON2C(C)(C)N1O. The predicted octanol–water partition coefficient (Wildman–Crippen LogP) is 0.665. The molecular formula is C10H18N2O4. The molecule has 2 atom stereocenters. The molecule has 2 unspecified atom stereocenters. The highest BCUT2D eigenvalue weighted by molar-refractivity contribution is 5.72. The van der Waals surface area contributed by atoms with Crippen molar-refractivity contribution in [2.75, 3.05) is 0 Å². The Morgan fingerprint density at radius 2 is 1.94 bits per heavy atom. The zero-order chi connectivity index (χ0) is 12.3. The van der Waals surface area contributed by atoms with Crippen molar-refractivity contribution in [1.82, 2.24) is 10.1 Å². The van der Waals surface area contributed by atoms with Crippen molar-refractivity contribution in [2.24, 2.45) is 0 Å². The Morgan fingerprint density at radius 3 is 2.38 bits per heavy atom. The van der Waals surface area contributed by atoms with Gasteiger partial charge in [-0.15, -0.1) is 0 Å². The number of carboxylic acids is 1. The molecule has 16 heavy (non-hydrogen) atoms. The number of rotatable bonds is 1. The van der Waals surface area contributed by atoms with Gasteiger partial charge in [-0.2, -0.15) is 10.1 Å². The second kappa shape index (κ2) is 3.16. The van der Waals surface area contributed by atoms with Crippen LogP contribution in [0, 0.1) is 0 Å². The zero-order valence-corrected chi connectivity index (χ0v) is 9.97. The van der Waals surface area contributed by atoms with Crippen molar-refractivity contribution < 1.29 is 19.9 Å². The van der Waals surface area contributed by atoms with Crippen LogP contribution in [-0.4, -0.2) is 49.8 Å². The van der Waals surface area contributed by atoms with Crippen LogP contribution in [0.1, 0.15) is 34.1 Å². The normalized spacial score (nSPS) is 37.6. The summed E-state index contributed by atoms with van der Waals surface area (Å²) in [5, 5.41) is 21.9. The first-order chi connectivity index (χ1) is 7.19. The molecule has 2 aliphatic heterocycles. The molecule has 0 amide bonds. The van der Waals surface area contributed by atoms with Crippen molar-refractivity contribution in [3.8, 4) is 0 Å². The lowest BCUT2D eigenvalue weighted by Crippen LogP contribution is -2.51. The molecule has 6 nitrogen and oxygen atoms in total. The maximum absolute atomic E-state index is 10.9. The standard InChI is InChI=1S/C10H18N2O4/c1-9(2)7-5-6(8(13)14)16-11(7)10(3,4)12(9)15/h6-7,15H,5H2,1-4H3,(H,13,14). The van der Waals surface area contributed by atoms with E-state index in [-0.39, 0.29) is 6.04 Å². The Labute approximate surface area is 94.3 Å². The molecule has 0 aromatic carbocycles. The van der Waals surface area contributed by atoms with E-state index in [1.54, 1.807) is 18.9 Å². The molecule has 0 bridgehead atoms. The summed E-state index contributed by atoms with van der Waals surface area (Å²) in [5.41, 5.74) is -1.23. The van der Waals surface area contributed by atoms with Crippen LogP contribution in [0.15, 0.2) is 0 Å². The highest BCUT2D eigenvalue weighted by Gasteiger charge is 2.62. The Kier molecular flexibility index (Phi) is 2.33. The topological polar surface area (TPSA) is 73.2 Å². The van der Waals surface area contributed by atoms with Gasteiger partial charge in [0.1, 0.15) is 5.66 Å². The third-order valence-electron chi connectivity index (χ3n) is 3.66. The molecule has 0 radical (unpaired) electrons. The lowest BCUT2D eigenvalue weighted by molar-refractivity contribution is -0.280. The van der Waals surface area contributed by atoms with Gasteiger partial charge in [-0.1, -0.05) is 0 Å². The molecule has 0 saturated carbocycles. The highest BCUT2D eigenvalue weighted by Crippen LogP contribution is 2.46. The maximum atomic E-state index is 10.9. The minimum absolute atomic E-state index is 0.117. The average Bonchev–Trinajstić information content (AvgIpc) is 2.65. The summed E-state index contributed by atoms with van der Waals surface area (Å²) in [6.45, 7) is 7.37. The third-order valence-corrected chi connectivity index (χ3v) is 3.66. The van der Waals surface area contributed by atoms with Crippen LogP contribution in [0.4, 0.5) is 0 Å². The molecule has 2 fully saturated rings. The molecule has 92 valence electrons. The van der Waals surface area contributed by atoms with Gasteiger partial charge in [0.05, 0.1) is 11.6 Å². The van der Waals surface area contributed by atoms with Gasteiger partial charge in [-0.3, -0.25) is 4.84 Å². The first-order valence-electron chi connectivity index (χ1n) is 5.37. The van der Waals surface area contributed by atoms with E-state index in [4.69, 9.17) is 9.94 Å². The van der Waals surface area contributed by atoms with Gasteiger partial charge in [-0.25, -0.2) is 4.79 Å². The largest absolute Gasteiger partial charge is 0.479 e. The van der Waals surface area contributed by atoms with Crippen LogP contribution in [0.5, 0.6) is 0 Å². The zero-order valence-electron chi connectivity index (χ0n) is 9.97. The predicted molar refractivity (Wildman–Crippen MR) is 54.5 cm³/mol. The fourth-order valence-electron chi connectivity index (χ4n) is 2.72. The van der Waals surface area contributed by atoms with E-state index in [1.807, 2.05) is 13.8 Å². The molecule has 0 aliphatic carbocycles. The molecule has 2 saturated heterocycles. The maximum Gasteiger partial charge on any atom is 0.335 e. The summed E-state index contributed by atoms with van der Waals surface area (Å²) < 4.78 is 0. The minimum atomic E-state index is -0.953. The fourth-order valence-corrected chi connectivity index (χ4v) is 2.72. The monoisotopic (exact) mass is 230 g/mol. The first kappa shape index (κ1) is 11.8. The van der Waals surface area contributed by atoms with Crippen molar-refractivity contribution >= 4 is 5.97 Å². The van der Waals surface area contributed by atoms with E-state index in [0.717, 1.165) is 0 Å². The molecule has 2 aliphatic rings. The number of nitrogens with zero attached hydrogens (tertiary/aromatic N) is 2. The molecule has 2 rings (SSSR count). The molecule has 6 heteroatoms. The quantitative estimate of drug-likeness (QED) is 0.689. The number of hydrogen-bond donors (Lipinski definition) is 2. The molecule has 0 spiro atoms. The highest BCUT2D eigenvalue weighted by atomic mass is 16.7. The van der Waals surface area contributed by atoms with Crippen LogP contribution < -0.4 is 0 Å². The van der Waals surface area contributed by atoms with Gasteiger partial charge in [0.25, 0.3) is 0 Å². The third kappa shape index (κ3) is 1.31. The first-order valence-corrected chi connectivity index (χ1v) is 5.37. The van der Waals surface area contributed by atoms with Gasteiger partial charge in [0.15, 0.2) is 6.10 Å². The Bertz CT molecular complexity index is 305. The smallest absolute Gasteiger partial charge is 0.335 e. The van der Waals surface area contributed by atoms with Gasteiger partial charge in [0.2, 0.25) is 0 Å². The van der Waals surface area contributed by atoms with Gasteiger partial charge in [-0.05, 0) is 27.7 Å². The second-order valence-electron chi connectivity index (χ2n) is 5.47. The summed E-state index contributed by atoms with van der Waals surface area (Å²) >= 11 is 0. The molecule has 0 aromatic rings. The lowest BCUT2D eigenvalue weighted by Gasteiger charge is -2.36. The van der Waals surface area contributed by atoms with Crippen LogP contribution in [-0.2, 0) is 9.63 Å². The van der Waals surface area contributed by atoms with Crippen molar-refractivity contribution in [2.45, 2.75) is 57.5 Å². The van der Waals surface area contributed by atoms with Crippen LogP contribution in [0.25, 0.3) is 0 Å². The number of aliphatic carboxylic acids is 1. The molecular weight excluding hydrogens is 212 g/mol. The van der Waals surface area contributed by atoms with Gasteiger partial charge < -0.3 is 10.3 Å². The Morgan fingerprint density at radius 1 is 1.38 bits per heavy atom. The Hall–Kier alpha value is -0.690. The number of hydroxylamine groups is 4. The second-order valence-corrected chi connectivity index (χ2v) is 5.47. The van der Waals surface area contributed by atoms with Gasteiger partial charge >= 0.3 is 5.97 Å². The van der Waals surface area contributed by atoms with Crippen LogP contribution in [0.3, 0.4) is 0 Å². The van der Waals surface area contributed by atoms with Gasteiger partial charge in [0, 0.05) is 6.42 Å². The summed E-state index contributed by atoms with van der Waals surface area (Å²) in [7, 11) is 0. The van der Waals surface area contributed by atoms with Crippen molar-refractivity contribution in [3.63, 3.8) is 0 Å². The number of fused-ring (bicyclic) bond motifs is 1. The number of carboxylic acid groups (broad SMARTS) is 1. The van der Waals surface area contributed by atoms with E-state index in [0.29, 0.717) is 6.42 Å². The lowest BCUT2D eigenvalue weighted by atomic mass is 9.92. The molecule has 2 heterocycles. The van der Waals surface area contributed by atoms with E-state index in [9.17, 15) is 10.0 Å². The average molecular weight is 230 g/mol. The van der Waals surface area contributed by atoms with E-state index in [2.05, 4.69) is 0 Å². The fraction of sp³-hybridized carbons (Fsp3) is 0.900. The summed E-state index contributed by atoms with van der Waals surface area (Å²) in [5.74, 6) is -0.953. The van der Waals surface area contributed by atoms with Crippen LogP contribution >= 0.6 is 0 Å². The van der Waals surface area contributed by atoms with Crippen molar-refractivity contribution in [3.05, 3.63) is 0 Å². The molecule has 2 N–H and O–H groups in total. The summed E-state index contributed by atoms with van der Waals surface area (Å²) in [4.78, 5) is 16.3. The Balaban J connectivity index is 2.31. The van der Waals surface area contributed by atoms with E-state index in [1.165, 1.54) is 5.06 Å². The van der Waals surface area contributed by atoms with Crippen molar-refractivity contribution in [1.29, 1.82) is 0 Å². The van der Waals surface area contributed by atoms with Crippen LogP contribution in [0.2, 0.25) is 0 Å².